The smallest absolute Gasteiger partial charge is 0.228 e. The van der Waals surface area contributed by atoms with Crippen LogP contribution in [0, 0.1) is 0 Å². The molecule has 0 saturated heterocycles. The number of carbonyl (C=O) groups excluding carboxylic acids is 1. The number of aliphatic hydroxyl groups is 1. The van der Waals surface area contributed by atoms with Gasteiger partial charge >= 0.3 is 0 Å². The third-order valence-electron chi connectivity index (χ3n) is 3.47. The molecule has 0 fully saturated rings. The van der Waals surface area contributed by atoms with Crippen molar-refractivity contribution in [3.05, 3.63) is 64.2 Å². The second-order valence-electron chi connectivity index (χ2n) is 4.97. The number of hydrogen-bond donors (Lipinski definition) is 2. The third kappa shape index (κ3) is 2.55. The Hall–Kier alpha value is -1.84. The maximum atomic E-state index is 11.4. The number of anilines is 1. The van der Waals surface area contributed by atoms with Gasteiger partial charge in [-0.2, -0.15) is 0 Å². The summed E-state index contributed by atoms with van der Waals surface area (Å²) >= 11 is 6.16. The molecule has 1 atom stereocenters. The van der Waals surface area contributed by atoms with Crippen molar-refractivity contribution in [1.82, 2.24) is 0 Å². The molecule has 0 aliphatic carbocycles. The van der Waals surface area contributed by atoms with Crippen molar-refractivity contribution in [2.45, 2.75) is 18.9 Å². The molecule has 0 bridgehead atoms. The lowest BCUT2D eigenvalue weighted by atomic mass is 9.99. The molecular formula is C16H14ClNO2. The fourth-order valence-corrected chi connectivity index (χ4v) is 2.77. The van der Waals surface area contributed by atoms with Crippen LogP contribution in [0.1, 0.15) is 22.8 Å². The number of hydrogen-bond acceptors (Lipinski definition) is 2. The summed E-state index contributed by atoms with van der Waals surface area (Å²) in [6, 6.07) is 13.4. The average molecular weight is 288 g/mol. The van der Waals surface area contributed by atoms with Crippen molar-refractivity contribution in [1.29, 1.82) is 0 Å². The number of rotatable bonds is 3. The summed E-state index contributed by atoms with van der Waals surface area (Å²) in [5, 5.41) is 13.5. The molecule has 1 unspecified atom stereocenters. The Morgan fingerprint density at radius 3 is 2.75 bits per heavy atom. The minimum Gasteiger partial charge on any atom is -0.388 e. The monoisotopic (exact) mass is 287 g/mol. The van der Waals surface area contributed by atoms with E-state index >= 15 is 0 Å². The van der Waals surface area contributed by atoms with Crippen LogP contribution < -0.4 is 5.32 Å². The number of nitrogens with one attached hydrogen (secondary N) is 1. The van der Waals surface area contributed by atoms with Gasteiger partial charge in [0.15, 0.2) is 0 Å². The van der Waals surface area contributed by atoms with Crippen LogP contribution in [0.15, 0.2) is 42.5 Å². The van der Waals surface area contributed by atoms with E-state index in [1.807, 2.05) is 36.4 Å². The first kappa shape index (κ1) is 13.2. The van der Waals surface area contributed by atoms with Crippen molar-refractivity contribution in [3.63, 3.8) is 0 Å². The van der Waals surface area contributed by atoms with Crippen LogP contribution in [0.4, 0.5) is 5.69 Å². The Labute approximate surface area is 122 Å². The first-order valence-corrected chi connectivity index (χ1v) is 6.85. The lowest BCUT2D eigenvalue weighted by molar-refractivity contribution is -0.115. The van der Waals surface area contributed by atoms with Gasteiger partial charge in [0.2, 0.25) is 5.91 Å². The molecule has 3 rings (SSSR count). The van der Waals surface area contributed by atoms with E-state index in [1.54, 1.807) is 6.07 Å². The molecule has 0 saturated carbocycles. The summed E-state index contributed by atoms with van der Waals surface area (Å²) in [7, 11) is 0. The van der Waals surface area contributed by atoms with E-state index in [-0.39, 0.29) is 5.91 Å². The molecule has 1 heterocycles. The zero-order chi connectivity index (χ0) is 14.1. The van der Waals surface area contributed by atoms with Crippen LogP contribution in [0.3, 0.4) is 0 Å². The Morgan fingerprint density at radius 2 is 2.00 bits per heavy atom. The quantitative estimate of drug-likeness (QED) is 0.911. The maximum absolute atomic E-state index is 11.4. The highest BCUT2D eigenvalue weighted by Gasteiger charge is 2.22. The van der Waals surface area contributed by atoms with Gasteiger partial charge in [-0.1, -0.05) is 48.0 Å². The Kier molecular flexibility index (Phi) is 3.47. The molecule has 2 aromatic carbocycles. The van der Waals surface area contributed by atoms with Crippen LogP contribution >= 0.6 is 11.6 Å². The molecule has 102 valence electrons. The second kappa shape index (κ2) is 5.27. The second-order valence-corrected chi connectivity index (χ2v) is 5.37. The molecule has 2 aromatic rings. The van der Waals surface area contributed by atoms with Crippen LogP contribution in [-0.4, -0.2) is 11.0 Å². The van der Waals surface area contributed by atoms with E-state index in [4.69, 9.17) is 11.6 Å². The number of amides is 1. The van der Waals surface area contributed by atoms with E-state index in [2.05, 4.69) is 5.32 Å². The summed E-state index contributed by atoms with van der Waals surface area (Å²) in [6.45, 7) is 0. The molecule has 0 radical (unpaired) electrons. The molecule has 0 aromatic heterocycles. The third-order valence-corrected chi connectivity index (χ3v) is 3.76. The number of fused-ring (bicyclic) bond motifs is 1. The van der Waals surface area contributed by atoms with Gasteiger partial charge in [-0.3, -0.25) is 4.79 Å². The molecule has 3 nitrogen and oxygen atoms in total. The van der Waals surface area contributed by atoms with E-state index in [9.17, 15) is 9.90 Å². The van der Waals surface area contributed by atoms with Gasteiger partial charge in [-0.15, -0.1) is 0 Å². The molecule has 2 N–H and O–H groups in total. The molecule has 1 aliphatic heterocycles. The van der Waals surface area contributed by atoms with Gasteiger partial charge in [0.05, 0.1) is 23.2 Å². The Bertz CT molecular complexity index is 655. The van der Waals surface area contributed by atoms with E-state index in [1.165, 1.54) is 0 Å². The van der Waals surface area contributed by atoms with Crippen molar-refractivity contribution in [2.75, 3.05) is 5.32 Å². The van der Waals surface area contributed by atoms with Gasteiger partial charge in [-0.05, 0) is 22.8 Å². The summed E-state index contributed by atoms with van der Waals surface area (Å²) < 4.78 is 0. The van der Waals surface area contributed by atoms with Gasteiger partial charge in [-0.25, -0.2) is 0 Å². The maximum Gasteiger partial charge on any atom is 0.228 e. The van der Waals surface area contributed by atoms with E-state index in [0.29, 0.717) is 23.6 Å². The molecule has 0 spiro atoms. The topological polar surface area (TPSA) is 49.3 Å². The van der Waals surface area contributed by atoms with Crippen molar-refractivity contribution >= 4 is 23.2 Å². The number of aliphatic hydroxyl groups excluding tert-OH is 1. The molecule has 4 heteroatoms. The average Bonchev–Trinajstić information content (AvgIpc) is 2.81. The van der Waals surface area contributed by atoms with Gasteiger partial charge in [0.25, 0.3) is 0 Å². The molecule has 1 amide bonds. The lowest BCUT2D eigenvalue weighted by Gasteiger charge is -2.13. The zero-order valence-electron chi connectivity index (χ0n) is 10.8. The predicted molar refractivity (Wildman–Crippen MR) is 78.9 cm³/mol. The van der Waals surface area contributed by atoms with Crippen LogP contribution in [0.2, 0.25) is 5.02 Å². The summed E-state index contributed by atoms with van der Waals surface area (Å²) in [5.74, 6) is -0.0587. The van der Waals surface area contributed by atoms with Crippen LogP contribution in [0.5, 0.6) is 0 Å². The summed E-state index contributed by atoms with van der Waals surface area (Å²) in [6.07, 6.45) is 0.217. The first-order valence-electron chi connectivity index (χ1n) is 6.47. The standard InChI is InChI=1S/C16H14ClNO2/c17-13-8-11(7-12-9-15(20)18-16(12)13)14(19)6-10-4-2-1-3-5-10/h1-5,7-8,14,19H,6,9H2,(H,18,20). The lowest BCUT2D eigenvalue weighted by Crippen LogP contribution is -2.03. The Balaban J connectivity index is 1.86. The highest BCUT2D eigenvalue weighted by atomic mass is 35.5. The van der Waals surface area contributed by atoms with Gasteiger partial charge in [0, 0.05) is 6.42 Å². The fourth-order valence-electron chi connectivity index (χ4n) is 2.47. The van der Waals surface area contributed by atoms with Crippen molar-refractivity contribution in [2.24, 2.45) is 0 Å². The fraction of sp³-hybridized carbons (Fsp3) is 0.188. The minimum absolute atomic E-state index is 0.0587. The van der Waals surface area contributed by atoms with Gasteiger partial charge in [0.1, 0.15) is 0 Å². The molecule has 1 aliphatic rings. The minimum atomic E-state index is -0.629. The molecular weight excluding hydrogens is 274 g/mol. The van der Waals surface area contributed by atoms with Crippen molar-refractivity contribution < 1.29 is 9.90 Å². The van der Waals surface area contributed by atoms with E-state index < -0.39 is 6.10 Å². The zero-order valence-corrected chi connectivity index (χ0v) is 11.5. The van der Waals surface area contributed by atoms with Crippen LogP contribution in [-0.2, 0) is 17.6 Å². The predicted octanol–water partition coefficient (Wildman–Crippen LogP) is 3.11. The largest absolute Gasteiger partial charge is 0.388 e. The number of carbonyl (C=O) groups is 1. The molecule has 20 heavy (non-hydrogen) atoms. The highest BCUT2D eigenvalue weighted by Crippen LogP contribution is 2.34. The van der Waals surface area contributed by atoms with Gasteiger partial charge < -0.3 is 10.4 Å². The summed E-state index contributed by atoms with van der Waals surface area (Å²) in [5.41, 5.74) is 3.33. The Morgan fingerprint density at radius 1 is 1.25 bits per heavy atom. The summed E-state index contributed by atoms with van der Waals surface area (Å²) in [4.78, 5) is 11.4. The number of benzene rings is 2. The first-order chi connectivity index (χ1) is 9.63. The van der Waals surface area contributed by atoms with Crippen molar-refractivity contribution in [3.8, 4) is 0 Å². The normalized spacial score (nSPS) is 14.8. The van der Waals surface area contributed by atoms with E-state index in [0.717, 1.165) is 16.7 Å². The number of halogens is 1. The SMILES string of the molecule is O=C1Cc2cc(C(O)Cc3ccccc3)cc(Cl)c2N1. The van der Waals surface area contributed by atoms with Crippen LogP contribution in [0.25, 0.3) is 0 Å². The highest BCUT2D eigenvalue weighted by molar-refractivity contribution is 6.34.